The predicted molar refractivity (Wildman–Crippen MR) is 130 cm³/mol. The Morgan fingerprint density at radius 2 is 2.03 bits per heavy atom. The standard InChI is InChI=1S/C24H30FN3O3S2/c1-4-27(5-2)33(29,30)20-11-12-22-21(14-20)26-24(28(22)15-19-10-7-13-31-19)32-16-18-9-6-8-17(3)23(18)25/h6,8-9,11-12,14,19H,4-5,7,10,13,15-16H2,1-3H3. The number of hydrogen-bond donors (Lipinski definition) is 0. The van der Waals surface area contributed by atoms with Gasteiger partial charge in [-0.2, -0.15) is 4.31 Å². The van der Waals surface area contributed by atoms with Crippen molar-refractivity contribution < 1.29 is 17.5 Å². The van der Waals surface area contributed by atoms with Crippen LogP contribution in [0.4, 0.5) is 4.39 Å². The third-order valence-electron chi connectivity index (χ3n) is 6.07. The van der Waals surface area contributed by atoms with Gasteiger partial charge in [-0.25, -0.2) is 17.8 Å². The minimum Gasteiger partial charge on any atom is -0.376 e. The Balaban J connectivity index is 1.71. The van der Waals surface area contributed by atoms with Gasteiger partial charge in [0.15, 0.2) is 5.16 Å². The number of ether oxygens (including phenoxy) is 1. The van der Waals surface area contributed by atoms with Gasteiger partial charge in [0.05, 0.1) is 28.6 Å². The summed E-state index contributed by atoms with van der Waals surface area (Å²) >= 11 is 1.46. The molecule has 1 aromatic heterocycles. The summed E-state index contributed by atoms with van der Waals surface area (Å²) in [6.45, 7) is 7.62. The summed E-state index contributed by atoms with van der Waals surface area (Å²) in [6, 6.07) is 10.5. The Morgan fingerprint density at radius 3 is 2.73 bits per heavy atom. The number of sulfonamides is 1. The Kier molecular flexibility index (Phi) is 7.43. The summed E-state index contributed by atoms with van der Waals surface area (Å²) in [5.41, 5.74) is 2.72. The van der Waals surface area contributed by atoms with E-state index in [1.807, 2.05) is 26.0 Å². The Bertz CT molecular complexity index is 1230. The maximum absolute atomic E-state index is 14.5. The highest BCUT2D eigenvalue weighted by Gasteiger charge is 2.25. The first kappa shape index (κ1) is 24.2. The molecule has 0 bridgehead atoms. The quantitative estimate of drug-likeness (QED) is 0.395. The van der Waals surface area contributed by atoms with E-state index in [2.05, 4.69) is 4.57 Å². The van der Waals surface area contributed by atoms with Crippen molar-refractivity contribution in [3.05, 3.63) is 53.3 Å². The molecule has 1 unspecified atom stereocenters. The van der Waals surface area contributed by atoms with Crippen molar-refractivity contribution >= 4 is 32.8 Å². The molecule has 178 valence electrons. The fourth-order valence-corrected chi connectivity index (χ4v) is 6.68. The molecule has 2 heterocycles. The second-order valence-electron chi connectivity index (χ2n) is 8.22. The number of rotatable bonds is 9. The smallest absolute Gasteiger partial charge is 0.243 e. The van der Waals surface area contributed by atoms with E-state index in [9.17, 15) is 12.8 Å². The van der Waals surface area contributed by atoms with E-state index < -0.39 is 10.0 Å². The van der Waals surface area contributed by atoms with Crippen LogP contribution >= 0.6 is 11.8 Å². The lowest BCUT2D eigenvalue weighted by Crippen LogP contribution is -2.30. The second kappa shape index (κ2) is 10.1. The van der Waals surface area contributed by atoms with Gasteiger partial charge in [0, 0.05) is 25.4 Å². The zero-order chi connectivity index (χ0) is 23.6. The highest BCUT2D eigenvalue weighted by atomic mass is 32.2. The molecular formula is C24H30FN3O3S2. The summed E-state index contributed by atoms with van der Waals surface area (Å²) in [5, 5.41) is 0.735. The highest BCUT2D eigenvalue weighted by Crippen LogP contribution is 2.31. The van der Waals surface area contributed by atoms with Crippen LogP contribution in [0.2, 0.25) is 0 Å². The van der Waals surface area contributed by atoms with E-state index in [-0.39, 0.29) is 16.8 Å². The van der Waals surface area contributed by atoms with Gasteiger partial charge in [0.2, 0.25) is 10.0 Å². The van der Waals surface area contributed by atoms with Crippen LogP contribution in [0.5, 0.6) is 0 Å². The number of aromatic nitrogens is 2. The number of aryl methyl sites for hydroxylation is 1. The molecule has 33 heavy (non-hydrogen) atoms. The van der Waals surface area contributed by atoms with Gasteiger partial charge < -0.3 is 9.30 Å². The average Bonchev–Trinajstić information content (AvgIpc) is 3.43. The number of halogens is 1. The zero-order valence-electron chi connectivity index (χ0n) is 19.3. The normalized spacial score (nSPS) is 16.8. The molecule has 2 aromatic carbocycles. The van der Waals surface area contributed by atoms with E-state index in [1.165, 1.54) is 16.1 Å². The monoisotopic (exact) mass is 491 g/mol. The molecule has 3 aromatic rings. The van der Waals surface area contributed by atoms with E-state index in [1.54, 1.807) is 31.2 Å². The number of imidazole rings is 1. The summed E-state index contributed by atoms with van der Waals surface area (Å²) in [4.78, 5) is 5.01. The first-order chi connectivity index (χ1) is 15.8. The Hall–Kier alpha value is -1.94. The van der Waals surface area contributed by atoms with Crippen LogP contribution in [-0.2, 0) is 27.1 Å². The van der Waals surface area contributed by atoms with Gasteiger partial charge in [0.25, 0.3) is 0 Å². The van der Waals surface area contributed by atoms with Gasteiger partial charge in [-0.05, 0) is 49.1 Å². The molecule has 1 atom stereocenters. The number of nitrogens with zero attached hydrogens (tertiary/aromatic N) is 3. The zero-order valence-corrected chi connectivity index (χ0v) is 20.9. The summed E-state index contributed by atoms with van der Waals surface area (Å²) in [6.07, 6.45) is 2.10. The van der Waals surface area contributed by atoms with Crippen LogP contribution in [0.25, 0.3) is 11.0 Å². The summed E-state index contributed by atoms with van der Waals surface area (Å²) < 4.78 is 49.9. The first-order valence-corrected chi connectivity index (χ1v) is 13.8. The topological polar surface area (TPSA) is 64.4 Å². The molecule has 1 saturated heterocycles. The van der Waals surface area contributed by atoms with Crippen molar-refractivity contribution in [3.63, 3.8) is 0 Å². The number of thioether (sulfide) groups is 1. The minimum atomic E-state index is -3.58. The maximum Gasteiger partial charge on any atom is 0.243 e. The third kappa shape index (κ3) is 4.96. The van der Waals surface area contributed by atoms with E-state index in [4.69, 9.17) is 9.72 Å². The lowest BCUT2D eigenvalue weighted by Gasteiger charge is -2.18. The van der Waals surface area contributed by atoms with Gasteiger partial charge in [-0.1, -0.05) is 43.8 Å². The second-order valence-corrected chi connectivity index (χ2v) is 11.1. The number of fused-ring (bicyclic) bond motifs is 1. The fourth-order valence-electron chi connectivity index (χ4n) is 4.20. The molecule has 1 fully saturated rings. The number of benzene rings is 2. The molecule has 0 saturated carbocycles. The molecule has 1 aliphatic heterocycles. The van der Waals surface area contributed by atoms with Crippen molar-refractivity contribution in [1.29, 1.82) is 0 Å². The molecule has 0 aliphatic carbocycles. The van der Waals surface area contributed by atoms with Crippen molar-refractivity contribution in [3.8, 4) is 0 Å². The largest absolute Gasteiger partial charge is 0.376 e. The Morgan fingerprint density at radius 1 is 1.24 bits per heavy atom. The average molecular weight is 492 g/mol. The van der Waals surface area contributed by atoms with Crippen LogP contribution in [0.3, 0.4) is 0 Å². The van der Waals surface area contributed by atoms with E-state index in [0.29, 0.717) is 42.0 Å². The maximum atomic E-state index is 14.5. The molecule has 6 nitrogen and oxygen atoms in total. The fraction of sp³-hybridized carbons (Fsp3) is 0.458. The van der Waals surface area contributed by atoms with Crippen molar-refractivity contribution in [2.75, 3.05) is 19.7 Å². The molecular weight excluding hydrogens is 461 g/mol. The number of hydrogen-bond acceptors (Lipinski definition) is 5. The molecule has 9 heteroatoms. The first-order valence-electron chi connectivity index (χ1n) is 11.3. The van der Waals surface area contributed by atoms with Gasteiger partial charge >= 0.3 is 0 Å². The van der Waals surface area contributed by atoms with Gasteiger partial charge in [0.1, 0.15) is 5.82 Å². The molecule has 0 N–H and O–H groups in total. The SMILES string of the molecule is CCN(CC)S(=O)(=O)c1ccc2c(c1)nc(SCc1cccc(C)c1F)n2CC1CCCO1. The predicted octanol–water partition coefficient (Wildman–Crippen LogP) is 4.99. The van der Waals surface area contributed by atoms with Gasteiger partial charge in [-0.3, -0.25) is 0 Å². The van der Waals surface area contributed by atoms with E-state index >= 15 is 0 Å². The summed E-state index contributed by atoms with van der Waals surface area (Å²) in [5.74, 6) is 0.242. The van der Waals surface area contributed by atoms with Crippen molar-refractivity contribution in [1.82, 2.24) is 13.9 Å². The highest BCUT2D eigenvalue weighted by molar-refractivity contribution is 7.98. The minimum absolute atomic E-state index is 0.0940. The van der Waals surface area contributed by atoms with Crippen molar-refractivity contribution in [2.24, 2.45) is 0 Å². The van der Waals surface area contributed by atoms with Crippen LogP contribution < -0.4 is 0 Å². The lowest BCUT2D eigenvalue weighted by atomic mass is 10.1. The van der Waals surface area contributed by atoms with Crippen LogP contribution in [0, 0.1) is 12.7 Å². The molecule has 0 radical (unpaired) electrons. The third-order valence-corrected chi connectivity index (χ3v) is 9.14. The Labute approximate surface area is 199 Å². The molecule has 0 spiro atoms. The summed E-state index contributed by atoms with van der Waals surface area (Å²) in [7, 11) is -3.58. The van der Waals surface area contributed by atoms with Crippen molar-refractivity contribution in [2.45, 2.75) is 62.1 Å². The lowest BCUT2D eigenvalue weighted by molar-refractivity contribution is 0.0960. The van der Waals surface area contributed by atoms with Gasteiger partial charge in [-0.15, -0.1) is 0 Å². The van der Waals surface area contributed by atoms with Crippen LogP contribution in [0.1, 0.15) is 37.8 Å². The molecule has 1 aliphatic rings. The van der Waals surface area contributed by atoms with Crippen LogP contribution in [-0.4, -0.2) is 48.1 Å². The van der Waals surface area contributed by atoms with Crippen LogP contribution in [0.15, 0.2) is 46.5 Å². The van der Waals surface area contributed by atoms with E-state index in [0.717, 1.165) is 30.1 Å². The molecule has 4 rings (SSSR count). The molecule has 0 amide bonds.